The van der Waals surface area contributed by atoms with Gasteiger partial charge in [-0.3, -0.25) is 4.98 Å². The molecule has 0 saturated heterocycles. The average Bonchev–Trinajstić information content (AvgIpc) is 2.96. The highest BCUT2D eigenvalue weighted by Crippen LogP contribution is 2.36. The Morgan fingerprint density at radius 2 is 2.17 bits per heavy atom. The molecule has 0 aromatic carbocycles. The second-order valence-corrected chi connectivity index (χ2v) is 6.09. The van der Waals surface area contributed by atoms with Gasteiger partial charge in [0.1, 0.15) is 0 Å². The third-order valence-electron chi connectivity index (χ3n) is 3.83. The van der Waals surface area contributed by atoms with Gasteiger partial charge in [-0.25, -0.2) is 0 Å². The van der Waals surface area contributed by atoms with Gasteiger partial charge in [-0.1, -0.05) is 6.08 Å². The highest BCUT2D eigenvalue weighted by Gasteiger charge is 2.30. The summed E-state index contributed by atoms with van der Waals surface area (Å²) < 4.78 is 0. The number of nitrogens with one attached hydrogen (secondary N) is 1. The van der Waals surface area contributed by atoms with Crippen LogP contribution in [-0.4, -0.2) is 30.2 Å². The smallest absolute Gasteiger partial charge is 0.0725 e. The van der Waals surface area contributed by atoms with Crippen molar-refractivity contribution in [3.63, 3.8) is 0 Å². The predicted octanol–water partition coefficient (Wildman–Crippen LogP) is 2.23. The third kappa shape index (κ3) is 1.83. The molecule has 96 valence electrons. The zero-order valence-corrected chi connectivity index (χ0v) is 11.5. The van der Waals surface area contributed by atoms with Gasteiger partial charge in [-0.15, -0.1) is 0 Å². The summed E-state index contributed by atoms with van der Waals surface area (Å²) in [5, 5.41) is 3.36. The Bertz CT molecular complexity index is 497. The molecule has 3 heteroatoms. The molecule has 0 saturated carbocycles. The summed E-state index contributed by atoms with van der Waals surface area (Å²) in [5.74, 6) is 0. The van der Waals surface area contributed by atoms with E-state index in [0.29, 0.717) is 0 Å². The van der Waals surface area contributed by atoms with Crippen molar-refractivity contribution >= 4 is 11.3 Å². The molecule has 3 heterocycles. The maximum atomic E-state index is 4.61. The fourth-order valence-corrected chi connectivity index (χ4v) is 2.95. The van der Waals surface area contributed by atoms with Crippen molar-refractivity contribution in [2.45, 2.75) is 32.7 Å². The molecule has 0 amide bonds. The van der Waals surface area contributed by atoms with Gasteiger partial charge in [-0.2, -0.15) is 0 Å². The number of fused-ring (bicyclic) bond motifs is 1. The van der Waals surface area contributed by atoms with Gasteiger partial charge < -0.3 is 10.2 Å². The van der Waals surface area contributed by atoms with E-state index < -0.39 is 0 Å². The molecule has 2 aliphatic heterocycles. The minimum atomic E-state index is 0.187. The van der Waals surface area contributed by atoms with Crippen molar-refractivity contribution in [1.29, 1.82) is 0 Å². The van der Waals surface area contributed by atoms with Gasteiger partial charge in [0.05, 0.1) is 5.69 Å². The Hall–Kier alpha value is -1.35. The van der Waals surface area contributed by atoms with Crippen LogP contribution >= 0.6 is 0 Å². The van der Waals surface area contributed by atoms with Gasteiger partial charge in [0.2, 0.25) is 0 Å². The van der Waals surface area contributed by atoms with Crippen molar-refractivity contribution in [2.75, 3.05) is 24.5 Å². The van der Waals surface area contributed by atoms with E-state index in [4.69, 9.17) is 0 Å². The van der Waals surface area contributed by atoms with Gasteiger partial charge in [-0.05, 0) is 38.8 Å². The van der Waals surface area contributed by atoms with Gasteiger partial charge >= 0.3 is 0 Å². The first-order chi connectivity index (χ1) is 8.57. The third-order valence-corrected chi connectivity index (χ3v) is 3.83. The number of hydrogen-bond acceptors (Lipinski definition) is 3. The van der Waals surface area contributed by atoms with Gasteiger partial charge in [0.15, 0.2) is 0 Å². The summed E-state index contributed by atoms with van der Waals surface area (Å²) in [7, 11) is 0. The molecule has 0 fully saturated rings. The van der Waals surface area contributed by atoms with Crippen LogP contribution in [0.2, 0.25) is 0 Å². The van der Waals surface area contributed by atoms with E-state index in [9.17, 15) is 0 Å². The Labute approximate surface area is 109 Å². The Kier molecular flexibility index (Phi) is 2.67. The maximum absolute atomic E-state index is 4.61. The van der Waals surface area contributed by atoms with Crippen LogP contribution in [0.4, 0.5) is 5.69 Å². The molecular formula is C15H21N3. The molecule has 18 heavy (non-hydrogen) atoms. The van der Waals surface area contributed by atoms with Crippen molar-refractivity contribution in [3.05, 3.63) is 29.6 Å². The van der Waals surface area contributed by atoms with Crippen molar-refractivity contribution < 1.29 is 0 Å². The average molecular weight is 243 g/mol. The lowest BCUT2D eigenvalue weighted by Crippen LogP contribution is -2.40. The molecule has 0 radical (unpaired) electrons. The van der Waals surface area contributed by atoms with Gasteiger partial charge in [0, 0.05) is 42.6 Å². The number of pyridine rings is 1. The summed E-state index contributed by atoms with van der Waals surface area (Å²) in [6, 6.07) is 2.17. The normalized spacial score (nSPS) is 19.1. The number of hydrogen-bond donors (Lipinski definition) is 1. The van der Waals surface area contributed by atoms with Crippen LogP contribution in [-0.2, 0) is 6.42 Å². The van der Waals surface area contributed by atoms with Crippen LogP contribution < -0.4 is 10.2 Å². The van der Waals surface area contributed by atoms with Crippen LogP contribution in [0.5, 0.6) is 0 Å². The predicted molar refractivity (Wildman–Crippen MR) is 75.9 cm³/mol. The molecule has 1 N–H and O–H groups in total. The first-order valence-corrected chi connectivity index (χ1v) is 6.73. The van der Waals surface area contributed by atoms with E-state index in [-0.39, 0.29) is 5.54 Å². The summed E-state index contributed by atoms with van der Waals surface area (Å²) in [4.78, 5) is 7.11. The Morgan fingerprint density at radius 3 is 2.83 bits per heavy atom. The lowest BCUT2D eigenvalue weighted by molar-refractivity contribution is 0.518. The summed E-state index contributed by atoms with van der Waals surface area (Å²) >= 11 is 0. The summed E-state index contributed by atoms with van der Waals surface area (Å²) in [6.45, 7) is 9.87. The van der Waals surface area contributed by atoms with E-state index in [0.717, 1.165) is 26.1 Å². The van der Waals surface area contributed by atoms with Crippen molar-refractivity contribution in [3.8, 4) is 0 Å². The van der Waals surface area contributed by atoms with Crippen molar-refractivity contribution in [2.24, 2.45) is 0 Å². The molecule has 3 rings (SSSR count). The first kappa shape index (κ1) is 11.7. The standard InChI is InChI=1S/C15H21N3/c1-15(2,3)18-9-6-12-13(18)5-8-17-14(12)11-4-7-16-10-11/h4-5,8,16H,6-7,9-10H2,1-3H3. The van der Waals surface area contributed by atoms with E-state index in [1.165, 1.54) is 22.5 Å². The number of rotatable bonds is 1. The van der Waals surface area contributed by atoms with Crippen LogP contribution in [0.3, 0.4) is 0 Å². The maximum Gasteiger partial charge on any atom is 0.0725 e. The minimum absolute atomic E-state index is 0.187. The van der Waals surface area contributed by atoms with Crippen LogP contribution in [0, 0.1) is 0 Å². The Morgan fingerprint density at radius 1 is 1.33 bits per heavy atom. The monoisotopic (exact) mass is 243 g/mol. The summed E-state index contributed by atoms with van der Waals surface area (Å²) in [6.07, 6.45) is 5.34. The number of nitrogens with zero attached hydrogens (tertiary/aromatic N) is 2. The van der Waals surface area contributed by atoms with E-state index in [2.05, 4.69) is 48.1 Å². The van der Waals surface area contributed by atoms with E-state index in [1.807, 2.05) is 6.20 Å². The molecule has 1 aromatic rings. The zero-order chi connectivity index (χ0) is 12.8. The second kappa shape index (κ2) is 4.09. The van der Waals surface area contributed by atoms with Crippen LogP contribution in [0.15, 0.2) is 18.3 Å². The second-order valence-electron chi connectivity index (χ2n) is 6.09. The molecule has 0 atom stereocenters. The first-order valence-electron chi connectivity index (χ1n) is 6.73. The molecule has 0 unspecified atom stereocenters. The molecule has 3 nitrogen and oxygen atoms in total. The SMILES string of the molecule is CC(C)(C)N1CCc2c1ccnc2C1=CCNC1. The van der Waals surface area contributed by atoms with Crippen LogP contribution in [0.1, 0.15) is 32.0 Å². The number of aromatic nitrogens is 1. The fourth-order valence-electron chi connectivity index (χ4n) is 2.95. The quantitative estimate of drug-likeness (QED) is 0.820. The largest absolute Gasteiger partial charge is 0.366 e. The molecule has 0 aliphatic carbocycles. The van der Waals surface area contributed by atoms with Crippen molar-refractivity contribution in [1.82, 2.24) is 10.3 Å². The minimum Gasteiger partial charge on any atom is -0.366 e. The lowest BCUT2D eigenvalue weighted by Gasteiger charge is -2.34. The molecule has 0 spiro atoms. The van der Waals surface area contributed by atoms with Crippen LogP contribution in [0.25, 0.3) is 5.57 Å². The Balaban J connectivity index is 2.04. The van der Waals surface area contributed by atoms with E-state index >= 15 is 0 Å². The highest BCUT2D eigenvalue weighted by molar-refractivity contribution is 5.75. The molecule has 2 aliphatic rings. The molecular weight excluding hydrogens is 222 g/mol. The van der Waals surface area contributed by atoms with E-state index in [1.54, 1.807) is 0 Å². The summed E-state index contributed by atoms with van der Waals surface area (Å²) in [5.41, 5.74) is 5.57. The fraction of sp³-hybridized carbons (Fsp3) is 0.533. The molecule has 0 bridgehead atoms. The lowest BCUT2D eigenvalue weighted by atomic mass is 10.0. The number of anilines is 1. The molecule has 1 aromatic heterocycles. The zero-order valence-electron chi connectivity index (χ0n) is 11.5. The highest BCUT2D eigenvalue weighted by atomic mass is 15.2. The van der Waals surface area contributed by atoms with Gasteiger partial charge in [0.25, 0.3) is 0 Å². The topological polar surface area (TPSA) is 28.2 Å².